The summed E-state index contributed by atoms with van der Waals surface area (Å²) in [6, 6.07) is 0. The lowest BCUT2D eigenvalue weighted by atomic mass is 9.82. The lowest BCUT2D eigenvalue weighted by Crippen LogP contribution is -2.44. The van der Waals surface area contributed by atoms with E-state index in [0.717, 1.165) is 12.8 Å². The summed E-state index contributed by atoms with van der Waals surface area (Å²) < 4.78 is 78.6. The largest absolute Gasteiger partial charge is 0.456 e. The molecule has 11 heteroatoms. The number of carbonyl (C=O) groups is 1. The van der Waals surface area contributed by atoms with Crippen molar-refractivity contribution in [1.29, 1.82) is 4.78 Å². The van der Waals surface area contributed by atoms with Crippen LogP contribution < -0.4 is 0 Å². The molecule has 158 valence electrons. The number of alkyl halides is 2. The highest BCUT2D eigenvalue weighted by molar-refractivity contribution is 7.89. The average Bonchev–Trinajstić information content (AvgIpc) is 3.49. The second-order valence-electron chi connectivity index (χ2n) is 9.02. The van der Waals surface area contributed by atoms with Crippen molar-refractivity contribution >= 4 is 27.1 Å². The minimum absolute atomic E-state index is 0.0164. The van der Waals surface area contributed by atoms with Crippen LogP contribution in [0, 0.1) is 40.3 Å². The number of ether oxygens (including phenoxy) is 1. The van der Waals surface area contributed by atoms with Gasteiger partial charge in [-0.25, -0.2) is 18.0 Å². The van der Waals surface area contributed by atoms with Crippen LogP contribution in [-0.2, 0) is 34.8 Å². The Morgan fingerprint density at radius 1 is 1.18 bits per heavy atom. The number of halogens is 2. The van der Waals surface area contributed by atoms with Gasteiger partial charge in [-0.3, -0.25) is 4.18 Å². The molecule has 0 saturated heterocycles. The van der Waals surface area contributed by atoms with Crippen molar-refractivity contribution in [2.24, 2.45) is 35.5 Å². The van der Waals surface area contributed by atoms with Gasteiger partial charge in [0.2, 0.25) is 10.0 Å². The fourth-order valence-electron chi connectivity index (χ4n) is 5.58. The van der Waals surface area contributed by atoms with E-state index < -0.39 is 44.5 Å². The summed E-state index contributed by atoms with van der Waals surface area (Å²) in [6.07, 6.45) is 2.58. The zero-order chi connectivity index (χ0) is 20.0. The lowest BCUT2D eigenvalue weighted by molar-refractivity contribution is -0.173. The molecule has 0 heterocycles. The number of rotatable bonds is 8. The first-order valence-electron chi connectivity index (χ1n) is 9.75. The van der Waals surface area contributed by atoms with Crippen LogP contribution in [0.2, 0.25) is 0 Å². The quantitative estimate of drug-likeness (QED) is 0.444. The molecule has 0 aromatic rings. The Balaban J connectivity index is 1.30. The van der Waals surface area contributed by atoms with Crippen molar-refractivity contribution in [2.75, 3.05) is 0 Å². The van der Waals surface area contributed by atoms with Crippen LogP contribution in [0.5, 0.6) is 0 Å². The Morgan fingerprint density at radius 2 is 1.82 bits per heavy atom. The summed E-state index contributed by atoms with van der Waals surface area (Å²) in [5.41, 5.74) is 0. The summed E-state index contributed by atoms with van der Waals surface area (Å²) in [6.45, 7) is 0. The fraction of sp³-hybridized carbons (Fsp3) is 0.941. The molecular formula is C17H23F2NO6S2. The highest BCUT2D eigenvalue weighted by Crippen LogP contribution is 2.69. The maximum atomic E-state index is 14.4. The summed E-state index contributed by atoms with van der Waals surface area (Å²) in [4.78, 5) is 12.2. The van der Waals surface area contributed by atoms with E-state index in [1.54, 1.807) is 0 Å². The van der Waals surface area contributed by atoms with Gasteiger partial charge in [-0.05, 0) is 74.0 Å². The second-order valence-corrected chi connectivity index (χ2v) is 11.9. The van der Waals surface area contributed by atoms with E-state index in [-0.39, 0.29) is 28.9 Å². The zero-order valence-electron chi connectivity index (χ0n) is 15.0. The van der Waals surface area contributed by atoms with E-state index in [0.29, 0.717) is 37.5 Å². The van der Waals surface area contributed by atoms with Crippen LogP contribution in [0.25, 0.3) is 0 Å². The third-order valence-electron chi connectivity index (χ3n) is 7.24. The predicted molar refractivity (Wildman–Crippen MR) is 93.8 cm³/mol. The van der Waals surface area contributed by atoms with Crippen LogP contribution in [0.1, 0.15) is 38.5 Å². The predicted octanol–water partition coefficient (Wildman–Crippen LogP) is 2.53. The van der Waals surface area contributed by atoms with Crippen molar-refractivity contribution in [3.8, 4) is 0 Å². The van der Waals surface area contributed by atoms with Crippen molar-refractivity contribution < 1.29 is 35.5 Å². The van der Waals surface area contributed by atoms with Gasteiger partial charge in [0.15, 0.2) is 11.1 Å². The summed E-state index contributed by atoms with van der Waals surface area (Å²) >= 11 is -1.89. The summed E-state index contributed by atoms with van der Waals surface area (Å²) in [7, 11) is -4.88. The molecule has 7 nitrogen and oxygen atoms in total. The number of fused-ring (bicyclic) bond motifs is 5. The van der Waals surface area contributed by atoms with Gasteiger partial charge in [0.05, 0.1) is 11.4 Å². The van der Waals surface area contributed by atoms with Gasteiger partial charge in [-0.2, -0.15) is 8.78 Å². The number of hydrogen-bond acceptors (Lipinski definition) is 6. The standard InChI is InChI=1S/C17H23F2NO6S2/c18-17(19,28(20,24)26-8-1-2-8)16(21)25-15-12(3-7-4-14(7)27(22)23)11-6-13(15)10-5-9(10)11/h7-15,20H,1-6H2,(H,22,23). The molecule has 0 spiro atoms. The molecule has 0 amide bonds. The number of hydrogen-bond donors (Lipinski definition) is 2. The third kappa shape index (κ3) is 3.04. The topological polar surface area (TPSA) is 114 Å². The van der Waals surface area contributed by atoms with Crippen LogP contribution in [-0.4, -0.2) is 41.7 Å². The highest BCUT2D eigenvalue weighted by Gasteiger charge is 2.68. The molecule has 0 aromatic carbocycles. The Labute approximate surface area is 164 Å². The maximum Gasteiger partial charge on any atom is 0.446 e. The average molecular weight is 440 g/mol. The maximum absolute atomic E-state index is 14.4. The molecule has 5 fully saturated rings. The molecule has 5 saturated carbocycles. The van der Waals surface area contributed by atoms with Gasteiger partial charge in [0.25, 0.3) is 0 Å². The van der Waals surface area contributed by atoms with Crippen LogP contribution >= 0.6 is 0 Å². The molecule has 5 aliphatic carbocycles. The van der Waals surface area contributed by atoms with Crippen molar-refractivity contribution in [3.63, 3.8) is 0 Å². The van der Waals surface area contributed by atoms with Gasteiger partial charge >= 0.3 is 11.2 Å². The molecule has 2 N–H and O–H groups in total. The van der Waals surface area contributed by atoms with Crippen molar-refractivity contribution in [3.05, 3.63) is 0 Å². The molecule has 0 aliphatic heterocycles. The van der Waals surface area contributed by atoms with Gasteiger partial charge in [-0.1, -0.05) is 0 Å². The molecule has 0 radical (unpaired) electrons. The number of nitrogens with one attached hydrogen (secondary N) is 1. The minimum atomic E-state index is -4.88. The molecule has 5 aliphatic rings. The molecular weight excluding hydrogens is 416 g/mol. The third-order valence-corrected chi connectivity index (χ3v) is 9.72. The summed E-state index contributed by atoms with van der Waals surface area (Å²) in [5.74, 6) is -0.768. The van der Waals surface area contributed by atoms with Crippen LogP contribution in [0.4, 0.5) is 8.78 Å². The Bertz CT molecular complexity index is 832. The van der Waals surface area contributed by atoms with Gasteiger partial charge in [-0.15, -0.1) is 0 Å². The normalized spacial score (nSPS) is 46.5. The zero-order valence-corrected chi connectivity index (χ0v) is 16.6. The smallest absolute Gasteiger partial charge is 0.446 e. The summed E-state index contributed by atoms with van der Waals surface area (Å²) in [5, 5.41) is -4.80. The van der Waals surface area contributed by atoms with Crippen molar-refractivity contribution in [1.82, 2.24) is 0 Å². The Kier molecular flexibility index (Phi) is 4.26. The molecule has 10 unspecified atom stereocenters. The van der Waals surface area contributed by atoms with Crippen LogP contribution in [0.3, 0.4) is 0 Å². The number of esters is 1. The number of carbonyl (C=O) groups excluding carboxylic acids is 1. The first-order chi connectivity index (χ1) is 13.1. The van der Waals surface area contributed by atoms with E-state index in [1.807, 2.05) is 0 Å². The van der Waals surface area contributed by atoms with E-state index >= 15 is 0 Å². The first-order valence-corrected chi connectivity index (χ1v) is 12.4. The minimum Gasteiger partial charge on any atom is -0.456 e. The van der Waals surface area contributed by atoms with E-state index in [1.165, 1.54) is 0 Å². The van der Waals surface area contributed by atoms with Gasteiger partial charge < -0.3 is 9.29 Å². The molecule has 5 rings (SSSR count). The first kappa shape index (κ1) is 19.3. The Hall–Kier alpha value is -0.650. The van der Waals surface area contributed by atoms with Gasteiger partial charge in [0.1, 0.15) is 6.10 Å². The lowest BCUT2D eigenvalue weighted by Gasteiger charge is -2.31. The SMILES string of the molecule is N=S(=O)(OC1CC1)C(F)(F)C(=O)OC1C(CC2CC2S(=O)O)C2CC1C1CC21. The molecule has 10 atom stereocenters. The monoisotopic (exact) mass is 439 g/mol. The highest BCUT2D eigenvalue weighted by atomic mass is 32.2. The van der Waals surface area contributed by atoms with Crippen molar-refractivity contribution in [2.45, 2.75) is 61.2 Å². The second kappa shape index (κ2) is 6.18. The van der Waals surface area contributed by atoms with E-state index in [2.05, 4.69) is 4.18 Å². The molecule has 0 aromatic heterocycles. The van der Waals surface area contributed by atoms with Gasteiger partial charge in [0, 0.05) is 0 Å². The van der Waals surface area contributed by atoms with E-state index in [9.17, 15) is 26.5 Å². The van der Waals surface area contributed by atoms with Crippen LogP contribution in [0.15, 0.2) is 0 Å². The van der Waals surface area contributed by atoms with E-state index in [4.69, 9.17) is 9.52 Å². The fourth-order valence-corrected chi connectivity index (χ4v) is 7.40. The molecule has 2 bridgehead atoms. The Morgan fingerprint density at radius 3 is 2.43 bits per heavy atom. The molecule has 28 heavy (non-hydrogen) atoms.